The zero-order valence-corrected chi connectivity index (χ0v) is 11.2. The predicted molar refractivity (Wildman–Crippen MR) is 73.4 cm³/mol. The summed E-state index contributed by atoms with van der Waals surface area (Å²) in [6.07, 6.45) is 6.76. The van der Waals surface area contributed by atoms with E-state index in [9.17, 15) is 4.39 Å². The minimum Gasteiger partial charge on any atom is -0.369 e. The van der Waals surface area contributed by atoms with Crippen molar-refractivity contribution in [3.05, 3.63) is 29.6 Å². The molecule has 3 rings (SSSR count). The standard InChI is InChI=1S/C16H22FN/c1-12-6-7-16(15(17)10-12)18-9-8-13-4-2-3-5-14(13)11-18/h6-7,10,13-14H,2-5,8-9,11H2,1H3/t13-,14-/m1/s1. The summed E-state index contributed by atoms with van der Waals surface area (Å²) in [4.78, 5) is 2.27. The van der Waals surface area contributed by atoms with Crippen molar-refractivity contribution in [3.8, 4) is 0 Å². The number of halogens is 1. The normalized spacial score (nSPS) is 28.0. The van der Waals surface area contributed by atoms with Crippen LogP contribution in [0.2, 0.25) is 0 Å². The fourth-order valence-electron chi connectivity index (χ4n) is 3.69. The number of hydrogen-bond acceptors (Lipinski definition) is 1. The Hall–Kier alpha value is -1.05. The van der Waals surface area contributed by atoms with E-state index >= 15 is 0 Å². The molecule has 1 heterocycles. The lowest BCUT2D eigenvalue weighted by atomic mass is 9.75. The molecule has 0 radical (unpaired) electrons. The van der Waals surface area contributed by atoms with E-state index in [1.807, 2.05) is 19.1 Å². The SMILES string of the molecule is Cc1ccc(N2CC[C@H]3CCCC[C@@H]3C2)c(F)c1. The molecule has 1 nitrogen and oxygen atoms in total. The summed E-state index contributed by atoms with van der Waals surface area (Å²) in [6.45, 7) is 4.03. The van der Waals surface area contributed by atoms with E-state index in [0.29, 0.717) is 0 Å². The Morgan fingerprint density at radius 2 is 1.89 bits per heavy atom. The summed E-state index contributed by atoms with van der Waals surface area (Å²) in [5.74, 6) is 1.65. The molecule has 1 aromatic carbocycles. The highest BCUT2D eigenvalue weighted by molar-refractivity contribution is 5.49. The molecule has 0 unspecified atom stereocenters. The van der Waals surface area contributed by atoms with Gasteiger partial charge in [0, 0.05) is 13.1 Å². The quantitative estimate of drug-likeness (QED) is 0.720. The Balaban J connectivity index is 1.77. The predicted octanol–water partition coefficient (Wildman–Crippen LogP) is 4.15. The Bertz CT molecular complexity index is 429. The molecular formula is C16H22FN. The van der Waals surface area contributed by atoms with Crippen LogP contribution in [0.15, 0.2) is 18.2 Å². The van der Waals surface area contributed by atoms with Crippen molar-refractivity contribution < 1.29 is 4.39 Å². The highest BCUT2D eigenvalue weighted by Crippen LogP contribution is 2.38. The van der Waals surface area contributed by atoms with E-state index in [2.05, 4.69) is 4.90 Å². The molecule has 18 heavy (non-hydrogen) atoms. The average Bonchev–Trinajstić information content (AvgIpc) is 2.38. The zero-order chi connectivity index (χ0) is 12.5. The summed E-state index contributed by atoms with van der Waals surface area (Å²) >= 11 is 0. The lowest BCUT2D eigenvalue weighted by molar-refractivity contribution is 0.202. The third kappa shape index (κ3) is 2.25. The van der Waals surface area contributed by atoms with E-state index in [1.54, 1.807) is 6.07 Å². The van der Waals surface area contributed by atoms with Gasteiger partial charge in [0.2, 0.25) is 0 Å². The lowest BCUT2D eigenvalue weighted by Gasteiger charge is -2.42. The zero-order valence-electron chi connectivity index (χ0n) is 11.2. The van der Waals surface area contributed by atoms with Crippen molar-refractivity contribution in [1.29, 1.82) is 0 Å². The first kappa shape index (κ1) is 12.0. The maximum atomic E-state index is 14.0. The molecule has 1 aliphatic carbocycles. The second-order valence-corrected chi connectivity index (χ2v) is 5.99. The molecule has 0 amide bonds. The van der Waals surface area contributed by atoms with E-state index in [4.69, 9.17) is 0 Å². The first-order valence-corrected chi connectivity index (χ1v) is 7.25. The van der Waals surface area contributed by atoms with Crippen molar-refractivity contribution in [2.45, 2.75) is 39.0 Å². The maximum Gasteiger partial charge on any atom is 0.146 e. The van der Waals surface area contributed by atoms with E-state index in [-0.39, 0.29) is 5.82 Å². The summed E-state index contributed by atoms with van der Waals surface area (Å²) in [5.41, 5.74) is 1.81. The molecule has 0 aromatic heterocycles. The summed E-state index contributed by atoms with van der Waals surface area (Å²) in [7, 11) is 0. The Morgan fingerprint density at radius 3 is 2.67 bits per heavy atom. The number of piperidine rings is 1. The van der Waals surface area contributed by atoms with Crippen LogP contribution in [0.1, 0.15) is 37.7 Å². The summed E-state index contributed by atoms with van der Waals surface area (Å²) in [6, 6.07) is 5.63. The third-order valence-corrected chi connectivity index (χ3v) is 4.74. The topological polar surface area (TPSA) is 3.24 Å². The molecule has 1 saturated carbocycles. The first-order valence-electron chi connectivity index (χ1n) is 7.25. The number of aryl methyl sites for hydroxylation is 1. The fourth-order valence-corrected chi connectivity index (χ4v) is 3.69. The van der Waals surface area contributed by atoms with Gasteiger partial charge in [-0.2, -0.15) is 0 Å². The summed E-state index contributed by atoms with van der Waals surface area (Å²) < 4.78 is 14.0. The highest BCUT2D eigenvalue weighted by atomic mass is 19.1. The van der Waals surface area contributed by atoms with Crippen molar-refractivity contribution in [2.75, 3.05) is 18.0 Å². The van der Waals surface area contributed by atoms with Gasteiger partial charge in [-0.05, 0) is 49.3 Å². The molecule has 0 spiro atoms. The van der Waals surface area contributed by atoms with Gasteiger partial charge in [0.25, 0.3) is 0 Å². The van der Waals surface area contributed by atoms with Crippen molar-refractivity contribution in [3.63, 3.8) is 0 Å². The van der Waals surface area contributed by atoms with Gasteiger partial charge < -0.3 is 4.90 Å². The van der Waals surface area contributed by atoms with Gasteiger partial charge in [0.15, 0.2) is 0 Å². The van der Waals surface area contributed by atoms with Crippen LogP contribution >= 0.6 is 0 Å². The molecule has 2 heteroatoms. The first-order chi connectivity index (χ1) is 8.74. The minimum absolute atomic E-state index is 0.0516. The fraction of sp³-hybridized carbons (Fsp3) is 0.625. The van der Waals surface area contributed by atoms with Gasteiger partial charge in [0.05, 0.1) is 5.69 Å². The molecule has 1 saturated heterocycles. The number of benzene rings is 1. The second-order valence-electron chi connectivity index (χ2n) is 5.99. The smallest absolute Gasteiger partial charge is 0.146 e. The van der Waals surface area contributed by atoms with Crippen LogP contribution in [0.4, 0.5) is 10.1 Å². The Kier molecular flexibility index (Phi) is 3.27. The number of rotatable bonds is 1. The van der Waals surface area contributed by atoms with Gasteiger partial charge in [0.1, 0.15) is 5.82 Å². The van der Waals surface area contributed by atoms with Gasteiger partial charge in [-0.1, -0.05) is 25.3 Å². The van der Waals surface area contributed by atoms with E-state index in [1.165, 1.54) is 32.1 Å². The van der Waals surface area contributed by atoms with E-state index in [0.717, 1.165) is 36.2 Å². The van der Waals surface area contributed by atoms with Gasteiger partial charge in [-0.25, -0.2) is 4.39 Å². The largest absolute Gasteiger partial charge is 0.369 e. The number of nitrogens with zero attached hydrogens (tertiary/aromatic N) is 1. The second kappa shape index (κ2) is 4.91. The highest BCUT2D eigenvalue weighted by Gasteiger charge is 2.31. The molecule has 2 fully saturated rings. The average molecular weight is 247 g/mol. The van der Waals surface area contributed by atoms with Crippen LogP contribution in [-0.2, 0) is 0 Å². The van der Waals surface area contributed by atoms with Crippen LogP contribution in [0.5, 0.6) is 0 Å². The maximum absolute atomic E-state index is 14.0. The number of fused-ring (bicyclic) bond motifs is 1. The number of anilines is 1. The van der Waals surface area contributed by atoms with Crippen LogP contribution in [-0.4, -0.2) is 13.1 Å². The van der Waals surface area contributed by atoms with Gasteiger partial charge >= 0.3 is 0 Å². The third-order valence-electron chi connectivity index (χ3n) is 4.74. The molecule has 1 aliphatic heterocycles. The monoisotopic (exact) mass is 247 g/mol. The van der Waals surface area contributed by atoms with E-state index < -0.39 is 0 Å². The molecule has 98 valence electrons. The molecule has 1 aromatic rings. The van der Waals surface area contributed by atoms with Crippen molar-refractivity contribution in [2.24, 2.45) is 11.8 Å². The molecule has 0 bridgehead atoms. The van der Waals surface area contributed by atoms with Crippen LogP contribution in [0.25, 0.3) is 0 Å². The molecule has 0 N–H and O–H groups in total. The summed E-state index contributed by atoms with van der Waals surface area (Å²) in [5, 5.41) is 0. The van der Waals surface area contributed by atoms with Gasteiger partial charge in [-0.3, -0.25) is 0 Å². The Labute approximate surface area is 109 Å². The Morgan fingerprint density at radius 1 is 1.11 bits per heavy atom. The van der Waals surface area contributed by atoms with Gasteiger partial charge in [-0.15, -0.1) is 0 Å². The van der Waals surface area contributed by atoms with Crippen LogP contribution in [0.3, 0.4) is 0 Å². The van der Waals surface area contributed by atoms with Crippen LogP contribution < -0.4 is 4.90 Å². The number of hydrogen-bond donors (Lipinski definition) is 0. The van der Waals surface area contributed by atoms with Crippen LogP contribution in [0, 0.1) is 24.6 Å². The lowest BCUT2D eigenvalue weighted by Crippen LogP contribution is -2.42. The molecular weight excluding hydrogens is 225 g/mol. The van der Waals surface area contributed by atoms with Crippen molar-refractivity contribution >= 4 is 5.69 Å². The molecule has 2 atom stereocenters. The molecule has 2 aliphatic rings. The minimum atomic E-state index is -0.0516. The van der Waals surface area contributed by atoms with Crippen molar-refractivity contribution in [1.82, 2.24) is 0 Å².